The lowest BCUT2D eigenvalue weighted by atomic mass is 9.33. The number of carbonyl (C=O) groups excluding carboxylic acids is 1. The molecule has 26 heteroatoms. The first kappa shape index (κ1) is 66.2. The zero-order chi connectivity index (χ0) is 62.2. The van der Waals surface area contributed by atoms with Crippen molar-refractivity contribution >= 4 is 5.97 Å². The van der Waals surface area contributed by atoms with Gasteiger partial charge >= 0.3 is 5.97 Å². The maximum absolute atomic E-state index is 15.4. The molecule has 5 saturated heterocycles. The molecule has 0 bridgehead atoms. The lowest BCUT2D eigenvalue weighted by molar-refractivity contribution is -0.395. The first-order chi connectivity index (χ1) is 39.7. The molecule has 33 unspecified atom stereocenters. The zero-order valence-corrected chi connectivity index (χ0v) is 50.0. The third-order valence-electron chi connectivity index (χ3n) is 23.1. The van der Waals surface area contributed by atoms with Crippen LogP contribution in [0.1, 0.15) is 127 Å². The van der Waals surface area contributed by atoms with Crippen molar-refractivity contribution in [3.8, 4) is 0 Å². The van der Waals surface area contributed by atoms with Crippen LogP contribution in [0.25, 0.3) is 0 Å². The highest BCUT2D eigenvalue weighted by atomic mass is 16.8. The van der Waals surface area contributed by atoms with Crippen LogP contribution in [0.4, 0.5) is 0 Å². The van der Waals surface area contributed by atoms with E-state index in [1.54, 1.807) is 0 Å². The Labute approximate surface area is 494 Å². The lowest BCUT2D eigenvalue weighted by Crippen LogP contribution is -2.66. The Hall–Kier alpha value is -1.75. The van der Waals surface area contributed by atoms with Gasteiger partial charge in [0.05, 0.1) is 36.9 Å². The normalized spacial score (nSPS) is 55.0. The Morgan fingerprint density at radius 3 is 1.79 bits per heavy atom. The smallest absolute Gasteiger partial charge is 0.313 e. The monoisotopic (exact) mass is 1220 g/mol. The Morgan fingerprint density at radius 2 is 1.12 bits per heavy atom. The number of hydrogen-bond acceptors (Lipinski definition) is 26. The Balaban J connectivity index is 0.837. The molecule has 0 radical (unpaired) electrons. The highest BCUT2D eigenvalue weighted by molar-refractivity contribution is 5.79. The van der Waals surface area contributed by atoms with Gasteiger partial charge in [-0.25, -0.2) is 0 Å². The van der Waals surface area contributed by atoms with Crippen molar-refractivity contribution in [3.05, 3.63) is 11.6 Å². The van der Waals surface area contributed by atoms with Crippen molar-refractivity contribution in [2.45, 2.75) is 286 Å². The van der Waals surface area contributed by atoms with E-state index in [-0.39, 0.29) is 39.4 Å². The van der Waals surface area contributed by atoms with Crippen molar-refractivity contribution < 1.29 is 129 Å². The van der Waals surface area contributed by atoms with E-state index < -0.39 is 190 Å². The van der Waals surface area contributed by atoms with Crippen molar-refractivity contribution in [3.63, 3.8) is 0 Å². The molecule has 10 rings (SSSR count). The molecular formula is C59H96O26. The number of allylic oxidation sites excluding steroid dienone is 2. The summed E-state index contributed by atoms with van der Waals surface area (Å²) in [5, 5.41) is 163. The molecular weight excluding hydrogens is 1120 g/mol. The quantitative estimate of drug-likeness (QED) is 0.0560. The zero-order valence-electron chi connectivity index (χ0n) is 50.0. The van der Waals surface area contributed by atoms with E-state index in [1.165, 1.54) is 19.4 Å². The fourth-order valence-corrected chi connectivity index (χ4v) is 17.6. The summed E-state index contributed by atoms with van der Waals surface area (Å²) in [6.45, 7) is 17.2. The van der Waals surface area contributed by atoms with E-state index in [4.69, 9.17) is 47.4 Å². The summed E-state index contributed by atoms with van der Waals surface area (Å²) >= 11 is 0. The number of fused-ring (bicyclic) bond motifs is 7. The van der Waals surface area contributed by atoms with Crippen LogP contribution in [-0.4, -0.2) is 256 Å². The van der Waals surface area contributed by atoms with E-state index in [0.29, 0.717) is 38.5 Å². The summed E-state index contributed by atoms with van der Waals surface area (Å²) in [5.41, 5.74) is -1.42. The molecule has 15 N–H and O–H groups in total. The number of aliphatic hydroxyl groups excluding tert-OH is 15. The van der Waals surface area contributed by atoms with Gasteiger partial charge in [-0.15, -0.1) is 0 Å². The van der Waals surface area contributed by atoms with Crippen LogP contribution < -0.4 is 0 Å². The molecule has 9 fully saturated rings. The van der Waals surface area contributed by atoms with Gasteiger partial charge in [0.2, 0.25) is 0 Å². The number of rotatable bonds is 12. The Bertz CT molecular complexity index is 2380. The third kappa shape index (κ3) is 11.1. The van der Waals surface area contributed by atoms with E-state index >= 15 is 4.79 Å². The van der Waals surface area contributed by atoms with E-state index in [1.807, 2.05) is 0 Å². The summed E-state index contributed by atoms with van der Waals surface area (Å²) in [6, 6.07) is 0. The minimum absolute atomic E-state index is 0.102. The van der Waals surface area contributed by atoms with Crippen LogP contribution in [0, 0.1) is 50.2 Å². The average molecular weight is 1220 g/mol. The van der Waals surface area contributed by atoms with Crippen LogP contribution in [0.3, 0.4) is 0 Å². The first-order valence-electron chi connectivity index (χ1n) is 30.6. The number of aliphatic hydroxyl groups is 15. The predicted octanol–water partition coefficient (Wildman–Crippen LogP) is -2.20. The second kappa shape index (κ2) is 24.1. The first-order valence-corrected chi connectivity index (χ1v) is 30.6. The average Bonchev–Trinajstić information content (AvgIpc) is 0.685. The van der Waals surface area contributed by atoms with Crippen molar-refractivity contribution in [1.29, 1.82) is 0 Å². The minimum Gasteiger partial charge on any atom is -0.456 e. The van der Waals surface area contributed by atoms with Gasteiger partial charge in [-0.3, -0.25) is 4.79 Å². The molecule has 10 aliphatic rings. The lowest BCUT2D eigenvalue weighted by Gasteiger charge is -2.71. The standard InChI is InChI=1S/C59H96O26/c1-23-32(61)37(66)46(48(74)77-23)83-52-42(71)36(65)41(70)51(85-52)81-31-13-14-56(7)29(55(31,5)6)12-15-58(9)30(56)11-10-25-26-20-54(3,4)16-18-59(26,19-17-57(25,58)8)53(75)84-45-34(63)27(21-60)79-49(43(45)72)76-22-28-33(62)35(64)40(69)50(80-28)82-44-24(2)78-47(73)39(68)38(44)67/h10,23-24,26-52,60-74H,11-22H2,1-9H3. The van der Waals surface area contributed by atoms with Gasteiger partial charge in [0.25, 0.3) is 0 Å². The second-order valence-corrected chi connectivity index (χ2v) is 28.8. The largest absolute Gasteiger partial charge is 0.456 e. The number of carbonyl (C=O) groups is 1. The molecule has 488 valence electrons. The molecule has 5 aliphatic heterocycles. The van der Waals surface area contributed by atoms with Crippen LogP contribution in [0.15, 0.2) is 11.6 Å². The molecule has 5 aliphatic carbocycles. The molecule has 85 heavy (non-hydrogen) atoms. The summed E-state index contributed by atoms with van der Waals surface area (Å²) in [5.74, 6) is -0.607. The maximum atomic E-state index is 15.4. The number of esters is 1. The molecule has 0 amide bonds. The fraction of sp³-hybridized carbons (Fsp3) is 0.949. The highest BCUT2D eigenvalue weighted by Crippen LogP contribution is 2.76. The van der Waals surface area contributed by atoms with Crippen LogP contribution in [0.5, 0.6) is 0 Å². The molecule has 0 aromatic carbocycles. The SMILES string of the molecule is CC1OC(O)C(OC2OC(OC3CCC4(C)C(CCC5(C)C4CC=C4C6CC(C)(C)CCC6(C(=O)OC6C(O)C(CO)OC(OCC7OC(OC8C(C)OC(O)C(O)C8O)C(O)C(O)C7O)C6O)CCC45C)C3(C)C)C(O)C(O)C2O)C(O)C1O. The number of ether oxygens (including phenoxy) is 10. The van der Waals surface area contributed by atoms with Crippen LogP contribution >= 0.6 is 0 Å². The second-order valence-electron chi connectivity index (χ2n) is 28.8. The Morgan fingerprint density at radius 1 is 0.529 bits per heavy atom. The minimum atomic E-state index is -1.90. The maximum Gasteiger partial charge on any atom is 0.313 e. The van der Waals surface area contributed by atoms with Gasteiger partial charge in [-0.05, 0) is 123 Å². The van der Waals surface area contributed by atoms with E-state index in [2.05, 4.69) is 54.5 Å². The summed E-state index contributed by atoms with van der Waals surface area (Å²) in [6.07, 6.45) is -32.1. The molecule has 0 spiro atoms. The molecule has 26 nitrogen and oxygen atoms in total. The molecule has 0 aromatic heterocycles. The topological polar surface area (TPSA) is 413 Å². The van der Waals surface area contributed by atoms with E-state index in [9.17, 15) is 76.6 Å². The van der Waals surface area contributed by atoms with Gasteiger partial charge in [0.15, 0.2) is 43.8 Å². The summed E-state index contributed by atoms with van der Waals surface area (Å²) < 4.78 is 58.5. The highest BCUT2D eigenvalue weighted by Gasteiger charge is 2.70. The van der Waals surface area contributed by atoms with Gasteiger partial charge in [-0.2, -0.15) is 0 Å². The van der Waals surface area contributed by atoms with Crippen molar-refractivity contribution in [2.75, 3.05) is 13.2 Å². The molecule has 5 heterocycles. The van der Waals surface area contributed by atoms with E-state index in [0.717, 1.165) is 25.7 Å². The van der Waals surface area contributed by atoms with Crippen LogP contribution in [0.2, 0.25) is 0 Å². The number of hydrogen-bond donors (Lipinski definition) is 15. The fourth-order valence-electron chi connectivity index (χ4n) is 17.6. The van der Waals surface area contributed by atoms with Gasteiger partial charge in [-0.1, -0.05) is 60.1 Å². The predicted molar refractivity (Wildman–Crippen MR) is 288 cm³/mol. The molecule has 33 atom stereocenters. The van der Waals surface area contributed by atoms with Gasteiger partial charge in [0, 0.05) is 0 Å². The summed E-state index contributed by atoms with van der Waals surface area (Å²) in [7, 11) is 0. The Kier molecular flexibility index (Phi) is 18.7. The molecule has 4 saturated carbocycles. The van der Waals surface area contributed by atoms with Crippen molar-refractivity contribution in [2.24, 2.45) is 50.2 Å². The molecule has 0 aromatic rings. The van der Waals surface area contributed by atoms with Gasteiger partial charge < -0.3 is 124 Å². The van der Waals surface area contributed by atoms with Crippen LogP contribution in [-0.2, 0) is 52.2 Å². The van der Waals surface area contributed by atoms with Gasteiger partial charge in [0.1, 0.15) is 97.7 Å². The third-order valence-corrected chi connectivity index (χ3v) is 23.1. The summed E-state index contributed by atoms with van der Waals surface area (Å²) in [4.78, 5) is 15.4. The van der Waals surface area contributed by atoms with Crippen molar-refractivity contribution in [1.82, 2.24) is 0 Å².